The molecule has 498 valence electrons. The molecule has 3 nitrogen and oxygen atoms in total. The lowest BCUT2D eigenvalue weighted by Gasteiger charge is -2.45. The first-order valence-corrected chi connectivity index (χ1v) is 37.2. The standard InChI is InChI=1S/C104H64BN3/c1-3-27-65(28-4-1)67-53-57-98-92(61-67)105-93-62-68(66-29-5-2-6-30-66)54-58-99(93)108(95-48-24-14-32-73(95)70-52-56-91-83(60-70)79-38-12-22-46-89(79)104(91)86-43-19-9-35-76(86)77-36-10-20-44-87(77)104)101-64-71(106-96-49-25-15-39-80(96)81-40-16-26-50-97(81)106)63-100(102(101)105)107(98)94-47-23-13-31-72(94)69-51-55-90-82(59-69)78-37-11-21-45-88(78)103(90)84-41-17-7-33-74(84)75-34-8-18-42-85(75)103/h1-64H/i15D,16D,25D,26D,39D,40D,49D,50D. The molecule has 0 fully saturated rings. The van der Waals surface area contributed by atoms with Crippen LogP contribution < -0.4 is 26.2 Å². The Bertz CT molecular complexity index is 6910. The molecule has 24 rings (SSSR count). The van der Waals surface area contributed by atoms with Crippen molar-refractivity contribution in [3.05, 3.63) is 433 Å². The second-order valence-corrected chi connectivity index (χ2v) is 29.4. The van der Waals surface area contributed by atoms with Crippen LogP contribution in [0.25, 0.3) is 117 Å². The average Bonchev–Trinajstić information content (AvgIpc) is 1.43. The third-order valence-electron chi connectivity index (χ3n) is 24.5. The molecule has 2 aliphatic heterocycles. The van der Waals surface area contributed by atoms with E-state index in [1.807, 2.05) is 0 Å². The Labute approximate surface area is 638 Å². The lowest BCUT2D eigenvalue weighted by molar-refractivity contribution is 0.794. The summed E-state index contributed by atoms with van der Waals surface area (Å²) in [4.78, 5) is 4.79. The van der Waals surface area contributed by atoms with Crippen LogP contribution >= 0.6 is 0 Å². The van der Waals surface area contributed by atoms with E-state index in [9.17, 15) is 11.0 Å². The number of hydrogen-bond donors (Lipinski definition) is 0. The molecule has 0 unspecified atom stereocenters. The first kappa shape index (κ1) is 52.2. The van der Waals surface area contributed by atoms with Crippen molar-refractivity contribution in [3.63, 3.8) is 0 Å². The van der Waals surface area contributed by atoms with Gasteiger partial charge in [0.1, 0.15) is 0 Å². The van der Waals surface area contributed by atoms with Crippen LogP contribution in [-0.2, 0) is 10.8 Å². The fraction of sp³-hybridized carbons (Fsp3) is 0.0192. The minimum absolute atomic E-state index is 0.00157. The van der Waals surface area contributed by atoms with Gasteiger partial charge < -0.3 is 14.4 Å². The van der Waals surface area contributed by atoms with Gasteiger partial charge in [-0.15, -0.1) is 0 Å². The summed E-state index contributed by atoms with van der Waals surface area (Å²) in [6, 6.07) is 120. The first-order valence-electron chi connectivity index (χ1n) is 41.2. The summed E-state index contributed by atoms with van der Waals surface area (Å²) in [5.41, 5.74) is 35.0. The predicted octanol–water partition coefficient (Wildman–Crippen LogP) is 24.2. The van der Waals surface area contributed by atoms with Crippen LogP contribution in [0.4, 0.5) is 34.1 Å². The van der Waals surface area contributed by atoms with Crippen molar-refractivity contribution in [2.45, 2.75) is 10.8 Å². The van der Waals surface area contributed by atoms with Gasteiger partial charge in [0, 0.05) is 44.6 Å². The molecule has 0 saturated carbocycles. The van der Waals surface area contributed by atoms with Gasteiger partial charge in [0.15, 0.2) is 0 Å². The van der Waals surface area contributed by atoms with Gasteiger partial charge in [-0.3, -0.25) is 0 Å². The van der Waals surface area contributed by atoms with Crippen LogP contribution in [0.2, 0.25) is 0 Å². The molecule has 0 saturated heterocycles. The van der Waals surface area contributed by atoms with E-state index < -0.39 is 53.8 Å². The summed E-state index contributed by atoms with van der Waals surface area (Å²) in [6.45, 7) is -0.486. The Morgan fingerprint density at radius 1 is 0.231 bits per heavy atom. The van der Waals surface area contributed by atoms with Crippen molar-refractivity contribution in [2.24, 2.45) is 0 Å². The number of anilines is 6. The van der Waals surface area contributed by atoms with Crippen LogP contribution in [-0.4, -0.2) is 11.3 Å². The van der Waals surface area contributed by atoms with Crippen molar-refractivity contribution < 1.29 is 11.0 Å². The van der Waals surface area contributed by atoms with Crippen molar-refractivity contribution in [1.29, 1.82) is 0 Å². The fourth-order valence-electron chi connectivity index (χ4n) is 20.3. The Kier molecular flexibility index (Phi) is 10.8. The molecule has 1 aromatic heterocycles. The molecule has 108 heavy (non-hydrogen) atoms. The first-order chi connectivity index (χ1) is 56.9. The maximum absolute atomic E-state index is 10.1. The zero-order chi connectivity index (χ0) is 77.5. The van der Waals surface area contributed by atoms with Crippen molar-refractivity contribution in [1.82, 2.24) is 4.57 Å². The third-order valence-corrected chi connectivity index (χ3v) is 24.5. The maximum Gasteiger partial charge on any atom is 0.252 e. The van der Waals surface area contributed by atoms with Crippen LogP contribution in [0, 0.1) is 0 Å². The van der Waals surface area contributed by atoms with E-state index in [-0.39, 0.29) is 33.9 Å². The van der Waals surface area contributed by atoms with Crippen LogP contribution in [0.3, 0.4) is 0 Å². The Morgan fingerprint density at radius 2 is 0.546 bits per heavy atom. The molecule has 2 spiro atoms. The summed E-state index contributed by atoms with van der Waals surface area (Å²) in [5, 5.41) is -0.00314. The molecule has 0 amide bonds. The van der Waals surface area contributed by atoms with E-state index >= 15 is 0 Å². The van der Waals surface area contributed by atoms with Gasteiger partial charge in [0.05, 0.1) is 49.9 Å². The maximum atomic E-state index is 10.1. The summed E-state index contributed by atoms with van der Waals surface area (Å²) >= 11 is 0. The molecule has 6 aliphatic rings. The van der Waals surface area contributed by atoms with E-state index in [0.717, 1.165) is 106 Å². The number of benzene rings is 17. The number of hydrogen-bond acceptors (Lipinski definition) is 2. The molecule has 3 heterocycles. The minimum atomic E-state index is -0.572. The van der Waals surface area contributed by atoms with E-state index in [1.54, 1.807) is 4.57 Å². The van der Waals surface area contributed by atoms with Crippen molar-refractivity contribution in [2.75, 3.05) is 9.80 Å². The van der Waals surface area contributed by atoms with Gasteiger partial charge in [0.2, 0.25) is 0 Å². The monoisotopic (exact) mass is 1370 g/mol. The van der Waals surface area contributed by atoms with Crippen LogP contribution in [0.5, 0.6) is 0 Å². The minimum Gasteiger partial charge on any atom is -0.311 e. The zero-order valence-electron chi connectivity index (χ0n) is 66.3. The lowest BCUT2D eigenvalue weighted by atomic mass is 9.33. The SMILES string of the molecule is [2H]c1c([2H])c([2H])c2c(c1[2H])c1c([2H])c([2H])c([2H])c([2H])c1n2-c1cc2c3c(c1)N(c1ccccc1-c1ccc4c(c1)-c1ccccc1C41c4ccccc4-c4ccccc41)c1ccc(-c4ccccc4)cc1B3c1cc(-c3ccccc3)ccc1N2c1ccccc1-c1ccc2c(c1)-c1ccccc1C21c2ccccc2-c2ccccc21. The van der Waals surface area contributed by atoms with Gasteiger partial charge in [-0.05, 0) is 199 Å². The Morgan fingerprint density at radius 3 is 0.935 bits per heavy atom. The third kappa shape index (κ3) is 7.87. The molecule has 0 bridgehead atoms. The highest BCUT2D eigenvalue weighted by Crippen LogP contribution is 2.66. The smallest absolute Gasteiger partial charge is 0.252 e. The highest BCUT2D eigenvalue weighted by molar-refractivity contribution is 7.00. The predicted molar refractivity (Wildman–Crippen MR) is 449 cm³/mol. The van der Waals surface area contributed by atoms with Gasteiger partial charge in [-0.1, -0.05) is 327 Å². The summed E-state index contributed by atoms with van der Waals surface area (Å²) in [7, 11) is 0. The number of fused-ring (bicyclic) bond motifs is 27. The van der Waals surface area contributed by atoms with Crippen molar-refractivity contribution >= 4 is 79.0 Å². The normalized spacial score (nSPS) is 15.1. The molecule has 0 radical (unpaired) electrons. The van der Waals surface area contributed by atoms with Gasteiger partial charge >= 0.3 is 0 Å². The van der Waals surface area contributed by atoms with Crippen molar-refractivity contribution in [3.8, 4) is 94.7 Å². The van der Waals surface area contributed by atoms with Gasteiger partial charge in [-0.25, -0.2) is 0 Å². The number of rotatable bonds is 7. The van der Waals surface area contributed by atoms with Crippen LogP contribution in [0.1, 0.15) is 55.5 Å². The Balaban J connectivity index is 0.811. The fourth-order valence-corrected chi connectivity index (χ4v) is 20.3. The average molecular weight is 1370 g/mol. The molecular formula is C104H64BN3. The summed E-state index contributed by atoms with van der Waals surface area (Å²) in [5.74, 6) is 0. The van der Waals surface area contributed by atoms with E-state index in [2.05, 4.69) is 350 Å². The summed E-state index contributed by atoms with van der Waals surface area (Å²) in [6.07, 6.45) is 0. The molecule has 17 aromatic carbocycles. The second kappa shape index (κ2) is 22.4. The molecule has 4 heteroatoms. The molecular weight excluding hydrogens is 1300 g/mol. The van der Waals surface area contributed by atoms with Crippen LogP contribution in [0.15, 0.2) is 388 Å². The second-order valence-electron chi connectivity index (χ2n) is 29.4. The molecule has 0 atom stereocenters. The highest BCUT2D eigenvalue weighted by atomic mass is 15.2. The lowest BCUT2D eigenvalue weighted by Crippen LogP contribution is -2.61. The number of nitrogens with zero attached hydrogens (tertiary/aromatic N) is 3. The quantitative estimate of drug-likeness (QED) is 0.147. The van der Waals surface area contributed by atoms with E-state index in [1.165, 1.54) is 77.9 Å². The molecule has 4 aliphatic carbocycles. The van der Waals surface area contributed by atoms with E-state index in [4.69, 9.17) is 0 Å². The molecule has 0 N–H and O–H groups in total. The highest BCUT2D eigenvalue weighted by Gasteiger charge is 2.54. The topological polar surface area (TPSA) is 11.4 Å². The Hall–Kier alpha value is -13.8. The zero-order valence-corrected chi connectivity index (χ0v) is 58.3. The number of aromatic nitrogens is 1. The van der Waals surface area contributed by atoms with Gasteiger partial charge in [0.25, 0.3) is 6.71 Å². The largest absolute Gasteiger partial charge is 0.311 e. The van der Waals surface area contributed by atoms with Gasteiger partial charge in [-0.2, -0.15) is 0 Å². The number of para-hydroxylation sites is 4. The molecule has 18 aromatic rings. The summed E-state index contributed by atoms with van der Waals surface area (Å²) < 4.78 is 78.9. The van der Waals surface area contributed by atoms with E-state index in [0.29, 0.717) is 5.69 Å².